The van der Waals surface area contributed by atoms with Gasteiger partial charge in [-0.25, -0.2) is 0 Å². The number of carbonyl (C=O) groups is 1. The van der Waals surface area contributed by atoms with Gasteiger partial charge in [0, 0.05) is 11.1 Å². The number of hydrogen-bond acceptors (Lipinski definition) is 2. The minimum absolute atomic E-state index is 0.183. The van der Waals surface area contributed by atoms with Gasteiger partial charge >= 0.3 is 0 Å². The van der Waals surface area contributed by atoms with E-state index in [1.807, 2.05) is 19.1 Å². The van der Waals surface area contributed by atoms with Crippen LogP contribution in [0, 0.1) is 0 Å². The van der Waals surface area contributed by atoms with Crippen LogP contribution in [0.5, 0.6) is 5.75 Å². The maximum atomic E-state index is 10.6. The van der Waals surface area contributed by atoms with Crippen molar-refractivity contribution in [2.75, 3.05) is 0 Å². The molecule has 2 nitrogen and oxygen atoms in total. The predicted molar refractivity (Wildman–Crippen MR) is 52.0 cm³/mol. The molecule has 2 heteroatoms. The van der Waals surface area contributed by atoms with Crippen LogP contribution in [0.2, 0.25) is 0 Å². The summed E-state index contributed by atoms with van der Waals surface area (Å²) in [6.07, 6.45) is 5.15. The molecule has 0 aliphatic carbocycles. The maximum absolute atomic E-state index is 10.6. The first-order valence-electron chi connectivity index (χ1n) is 4.16. The Morgan fingerprint density at radius 2 is 2.23 bits per heavy atom. The third-order valence-electron chi connectivity index (χ3n) is 1.87. The Bertz CT molecular complexity index is 327. The average molecular weight is 176 g/mol. The Morgan fingerprint density at radius 3 is 2.85 bits per heavy atom. The summed E-state index contributed by atoms with van der Waals surface area (Å²) < 4.78 is 0. The molecule has 1 rings (SSSR count). The number of carbonyl (C=O) groups excluding carboxylic acids is 1. The Morgan fingerprint density at radius 1 is 1.46 bits per heavy atom. The molecule has 13 heavy (non-hydrogen) atoms. The summed E-state index contributed by atoms with van der Waals surface area (Å²) in [7, 11) is 0. The number of aldehydes is 1. The van der Waals surface area contributed by atoms with E-state index in [4.69, 9.17) is 0 Å². The van der Waals surface area contributed by atoms with Gasteiger partial charge in [-0.05, 0) is 19.4 Å². The first-order chi connectivity index (χ1) is 6.29. The SMILES string of the molecule is C/C=C/Cc1c(O)cccc1C=O. The fraction of sp³-hybridized carbons (Fsp3) is 0.182. The number of hydrogen-bond donors (Lipinski definition) is 1. The van der Waals surface area contributed by atoms with Crippen molar-refractivity contribution in [3.05, 3.63) is 41.5 Å². The first kappa shape index (κ1) is 9.52. The van der Waals surface area contributed by atoms with Crippen LogP contribution in [-0.4, -0.2) is 11.4 Å². The molecule has 0 radical (unpaired) electrons. The minimum Gasteiger partial charge on any atom is -0.508 e. The first-order valence-corrected chi connectivity index (χ1v) is 4.16. The van der Waals surface area contributed by atoms with Gasteiger partial charge in [0.2, 0.25) is 0 Å². The molecule has 68 valence electrons. The number of allylic oxidation sites excluding steroid dienone is 2. The number of aromatic hydroxyl groups is 1. The van der Waals surface area contributed by atoms with Crippen LogP contribution in [0.1, 0.15) is 22.8 Å². The van der Waals surface area contributed by atoms with Crippen LogP contribution in [0.4, 0.5) is 0 Å². The summed E-state index contributed by atoms with van der Waals surface area (Å²) in [6.45, 7) is 1.90. The number of benzene rings is 1. The van der Waals surface area contributed by atoms with E-state index in [0.29, 0.717) is 17.5 Å². The van der Waals surface area contributed by atoms with Crippen molar-refractivity contribution in [3.63, 3.8) is 0 Å². The smallest absolute Gasteiger partial charge is 0.150 e. The molecule has 0 unspecified atom stereocenters. The molecule has 0 atom stereocenters. The van der Waals surface area contributed by atoms with Crippen molar-refractivity contribution in [2.24, 2.45) is 0 Å². The topological polar surface area (TPSA) is 37.3 Å². The van der Waals surface area contributed by atoms with Crippen molar-refractivity contribution in [1.29, 1.82) is 0 Å². The van der Waals surface area contributed by atoms with E-state index in [0.717, 1.165) is 6.29 Å². The summed E-state index contributed by atoms with van der Waals surface area (Å²) >= 11 is 0. The molecule has 1 N–H and O–H groups in total. The second-order valence-electron chi connectivity index (χ2n) is 2.74. The second-order valence-corrected chi connectivity index (χ2v) is 2.74. The Balaban J connectivity index is 3.07. The summed E-state index contributed by atoms with van der Waals surface area (Å²) in [6, 6.07) is 4.95. The Labute approximate surface area is 77.5 Å². The normalized spacial score (nSPS) is 10.5. The second kappa shape index (κ2) is 4.45. The van der Waals surface area contributed by atoms with Crippen LogP contribution >= 0.6 is 0 Å². The van der Waals surface area contributed by atoms with E-state index in [1.54, 1.807) is 18.2 Å². The number of rotatable bonds is 3. The van der Waals surface area contributed by atoms with Crippen molar-refractivity contribution >= 4 is 6.29 Å². The van der Waals surface area contributed by atoms with E-state index < -0.39 is 0 Å². The quantitative estimate of drug-likeness (QED) is 0.567. The van der Waals surface area contributed by atoms with Crippen molar-refractivity contribution in [3.8, 4) is 5.75 Å². The minimum atomic E-state index is 0.183. The molecular weight excluding hydrogens is 164 g/mol. The van der Waals surface area contributed by atoms with Gasteiger partial charge in [-0.2, -0.15) is 0 Å². The summed E-state index contributed by atoms with van der Waals surface area (Å²) in [5, 5.41) is 9.46. The van der Waals surface area contributed by atoms with Crippen LogP contribution in [0.3, 0.4) is 0 Å². The molecule has 0 aliphatic heterocycles. The Kier molecular flexibility index (Phi) is 3.26. The van der Waals surface area contributed by atoms with Gasteiger partial charge in [0.15, 0.2) is 0 Å². The highest BCUT2D eigenvalue weighted by Crippen LogP contribution is 2.20. The van der Waals surface area contributed by atoms with Crippen LogP contribution in [0.25, 0.3) is 0 Å². The highest BCUT2D eigenvalue weighted by molar-refractivity contribution is 5.78. The fourth-order valence-corrected chi connectivity index (χ4v) is 1.16. The monoisotopic (exact) mass is 176 g/mol. The lowest BCUT2D eigenvalue weighted by atomic mass is 10.0. The molecule has 0 spiro atoms. The molecule has 0 saturated heterocycles. The molecule has 0 fully saturated rings. The predicted octanol–water partition coefficient (Wildman–Crippen LogP) is 2.32. The van der Waals surface area contributed by atoms with E-state index in [9.17, 15) is 9.90 Å². The lowest BCUT2D eigenvalue weighted by molar-refractivity contribution is 0.112. The van der Waals surface area contributed by atoms with Crippen molar-refractivity contribution in [1.82, 2.24) is 0 Å². The molecule has 1 aromatic rings. The lowest BCUT2D eigenvalue weighted by Gasteiger charge is -2.03. The molecule has 0 bridgehead atoms. The van der Waals surface area contributed by atoms with E-state index in [-0.39, 0.29) is 5.75 Å². The molecule has 0 amide bonds. The third kappa shape index (κ3) is 2.18. The number of phenols is 1. The zero-order valence-corrected chi connectivity index (χ0v) is 7.53. The largest absolute Gasteiger partial charge is 0.508 e. The summed E-state index contributed by atoms with van der Waals surface area (Å²) in [5.74, 6) is 0.183. The van der Waals surface area contributed by atoms with Gasteiger partial charge in [-0.1, -0.05) is 24.3 Å². The van der Waals surface area contributed by atoms with Crippen molar-refractivity contribution in [2.45, 2.75) is 13.3 Å². The zero-order valence-electron chi connectivity index (χ0n) is 7.53. The van der Waals surface area contributed by atoms with Gasteiger partial charge in [-0.15, -0.1) is 0 Å². The van der Waals surface area contributed by atoms with Gasteiger partial charge in [-0.3, -0.25) is 4.79 Å². The zero-order chi connectivity index (χ0) is 9.68. The molecule has 0 aliphatic rings. The Hall–Kier alpha value is -1.57. The summed E-state index contributed by atoms with van der Waals surface area (Å²) in [5.41, 5.74) is 1.24. The van der Waals surface area contributed by atoms with Gasteiger partial charge in [0.1, 0.15) is 12.0 Å². The molecule has 0 saturated carbocycles. The highest BCUT2D eigenvalue weighted by Gasteiger charge is 2.04. The van der Waals surface area contributed by atoms with Gasteiger partial charge < -0.3 is 5.11 Å². The molecule has 1 aromatic carbocycles. The summed E-state index contributed by atoms with van der Waals surface area (Å²) in [4.78, 5) is 10.6. The number of phenolic OH excluding ortho intramolecular Hbond substituents is 1. The third-order valence-corrected chi connectivity index (χ3v) is 1.87. The highest BCUT2D eigenvalue weighted by atomic mass is 16.3. The van der Waals surface area contributed by atoms with E-state index >= 15 is 0 Å². The molecule has 0 aromatic heterocycles. The van der Waals surface area contributed by atoms with Gasteiger partial charge in [0.05, 0.1) is 0 Å². The van der Waals surface area contributed by atoms with Crippen LogP contribution in [0.15, 0.2) is 30.4 Å². The van der Waals surface area contributed by atoms with Crippen molar-refractivity contribution < 1.29 is 9.90 Å². The average Bonchev–Trinajstić information content (AvgIpc) is 2.15. The van der Waals surface area contributed by atoms with Gasteiger partial charge in [0.25, 0.3) is 0 Å². The van der Waals surface area contributed by atoms with E-state index in [2.05, 4.69) is 0 Å². The lowest BCUT2D eigenvalue weighted by Crippen LogP contribution is -1.91. The van der Waals surface area contributed by atoms with Crippen LogP contribution < -0.4 is 0 Å². The molecule has 0 heterocycles. The molecular formula is C11H12O2. The van der Waals surface area contributed by atoms with E-state index in [1.165, 1.54) is 0 Å². The standard InChI is InChI=1S/C11H12O2/c1-2-3-6-10-9(8-12)5-4-7-11(10)13/h2-5,7-8,13H,6H2,1H3/b3-2+. The maximum Gasteiger partial charge on any atom is 0.150 e. The fourth-order valence-electron chi connectivity index (χ4n) is 1.16. The van der Waals surface area contributed by atoms with Crippen LogP contribution in [-0.2, 0) is 6.42 Å².